The lowest BCUT2D eigenvalue weighted by Crippen LogP contribution is -2.29. The van der Waals surface area contributed by atoms with E-state index in [2.05, 4.69) is 10.1 Å². The summed E-state index contributed by atoms with van der Waals surface area (Å²) in [5.74, 6) is 0.913. The third-order valence-corrected chi connectivity index (χ3v) is 6.02. The lowest BCUT2D eigenvalue weighted by molar-refractivity contribution is 0.415. The molecule has 0 aliphatic carbocycles. The van der Waals surface area contributed by atoms with E-state index in [1.54, 1.807) is 31.3 Å². The average Bonchev–Trinajstić information content (AvgIpc) is 3.09. The van der Waals surface area contributed by atoms with Crippen LogP contribution in [0.1, 0.15) is 17.0 Å². The Bertz CT molecular complexity index is 978. The molecule has 0 aliphatic heterocycles. The standard InChI is InChI=1S/C19H21N3O3S/c1-14-4-8-16(9-5-14)19-20-18(21-25-19)12-13-22(3)26(23,24)17-10-6-15(2)7-11-17/h4-11H,12-13H2,1-3H3. The second kappa shape index (κ2) is 7.39. The Morgan fingerprint density at radius 2 is 1.54 bits per heavy atom. The Labute approximate surface area is 153 Å². The Morgan fingerprint density at radius 3 is 2.15 bits per heavy atom. The molecule has 3 rings (SSSR count). The summed E-state index contributed by atoms with van der Waals surface area (Å²) in [5, 5.41) is 3.95. The summed E-state index contributed by atoms with van der Waals surface area (Å²) in [6, 6.07) is 14.6. The van der Waals surface area contributed by atoms with Gasteiger partial charge in [-0.15, -0.1) is 0 Å². The smallest absolute Gasteiger partial charge is 0.257 e. The molecule has 0 aliphatic rings. The maximum Gasteiger partial charge on any atom is 0.257 e. The van der Waals surface area contributed by atoms with E-state index in [9.17, 15) is 8.42 Å². The molecule has 0 spiro atoms. The largest absolute Gasteiger partial charge is 0.334 e. The Morgan fingerprint density at radius 1 is 0.962 bits per heavy atom. The summed E-state index contributed by atoms with van der Waals surface area (Å²) in [7, 11) is -1.98. The van der Waals surface area contributed by atoms with Crippen molar-refractivity contribution < 1.29 is 12.9 Å². The summed E-state index contributed by atoms with van der Waals surface area (Å²) < 4.78 is 31.8. The lowest BCUT2D eigenvalue weighted by atomic mass is 10.1. The Hall–Kier alpha value is -2.51. The van der Waals surface area contributed by atoms with Gasteiger partial charge < -0.3 is 4.52 Å². The fourth-order valence-electron chi connectivity index (χ4n) is 2.44. The van der Waals surface area contributed by atoms with Crippen molar-refractivity contribution in [3.05, 3.63) is 65.5 Å². The van der Waals surface area contributed by atoms with E-state index >= 15 is 0 Å². The van der Waals surface area contributed by atoms with Crippen LogP contribution in [-0.2, 0) is 16.4 Å². The van der Waals surface area contributed by atoms with Crippen LogP contribution in [0.2, 0.25) is 0 Å². The van der Waals surface area contributed by atoms with Gasteiger partial charge in [-0.1, -0.05) is 40.5 Å². The second-order valence-electron chi connectivity index (χ2n) is 6.27. The summed E-state index contributed by atoms with van der Waals surface area (Å²) in [4.78, 5) is 4.63. The number of rotatable bonds is 6. The summed E-state index contributed by atoms with van der Waals surface area (Å²) in [6.07, 6.45) is 0.372. The SMILES string of the molecule is Cc1ccc(-c2nc(CCN(C)S(=O)(=O)c3ccc(C)cc3)no2)cc1. The van der Waals surface area contributed by atoms with Crippen molar-refractivity contribution in [1.29, 1.82) is 0 Å². The molecule has 0 unspecified atom stereocenters. The van der Waals surface area contributed by atoms with E-state index in [-0.39, 0.29) is 11.4 Å². The molecule has 0 saturated heterocycles. The van der Waals surface area contributed by atoms with Crippen molar-refractivity contribution in [3.63, 3.8) is 0 Å². The van der Waals surface area contributed by atoms with Gasteiger partial charge in [0.05, 0.1) is 4.90 Å². The van der Waals surface area contributed by atoms with Gasteiger partial charge in [0.2, 0.25) is 10.0 Å². The van der Waals surface area contributed by atoms with Crippen molar-refractivity contribution in [2.24, 2.45) is 0 Å². The summed E-state index contributed by atoms with van der Waals surface area (Å²) in [6.45, 7) is 4.19. The fourth-order valence-corrected chi connectivity index (χ4v) is 3.61. The van der Waals surface area contributed by atoms with Crippen molar-refractivity contribution in [2.45, 2.75) is 25.2 Å². The first-order chi connectivity index (χ1) is 12.4. The monoisotopic (exact) mass is 371 g/mol. The van der Waals surface area contributed by atoms with Gasteiger partial charge in [0.15, 0.2) is 5.82 Å². The molecule has 0 saturated carbocycles. The van der Waals surface area contributed by atoms with Gasteiger partial charge in [-0.2, -0.15) is 4.98 Å². The van der Waals surface area contributed by atoms with Crippen LogP contribution in [0.4, 0.5) is 0 Å². The molecule has 3 aromatic rings. The molecule has 0 fully saturated rings. The molecule has 1 heterocycles. The molecular formula is C19H21N3O3S. The van der Waals surface area contributed by atoms with Crippen LogP contribution in [0.3, 0.4) is 0 Å². The van der Waals surface area contributed by atoms with E-state index in [0.29, 0.717) is 18.1 Å². The zero-order valence-electron chi connectivity index (χ0n) is 15.0. The molecule has 0 amide bonds. The van der Waals surface area contributed by atoms with E-state index in [1.807, 2.05) is 38.1 Å². The van der Waals surface area contributed by atoms with E-state index in [1.165, 1.54) is 4.31 Å². The first-order valence-electron chi connectivity index (χ1n) is 8.29. The lowest BCUT2D eigenvalue weighted by Gasteiger charge is -2.16. The first-order valence-corrected chi connectivity index (χ1v) is 9.73. The van der Waals surface area contributed by atoms with Gasteiger partial charge in [0, 0.05) is 25.6 Å². The molecule has 26 heavy (non-hydrogen) atoms. The van der Waals surface area contributed by atoms with Crippen LogP contribution >= 0.6 is 0 Å². The third-order valence-electron chi connectivity index (χ3n) is 4.15. The Balaban J connectivity index is 1.67. The van der Waals surface area contributed by atoms with Crippen LogP contribution in [0.15, 0.2) is 57.9 Å². The van der Waals surface area contributed by atoms with Crippen LogP contribution < -0.4 is 0 Å². The van der Waals surface area contributed by atoms with Crippen molar-refractivity contribution >= 4 is 10.0 Å². The van der Waals surface area contributed by atoms with Gasteiger partial charge in [0.25, 0.3) is 5.89 Å². The number of sulfonamides is 1. The Kier molecular flexibility index (Phi) is 5.20. The minimum Gasteiger partial charge on any atom is -0.334 e. The minimum atomic E-state index is -3.53. The third kappa shape index (κ3) is 4.00. The molecule has 0 atom stereocenters. The van der Waals surface area contributed by atoms with Gasteiger partial charge in [-0.3, -0.25) is 0 Å². The predicted octanol–water partition coefficient (Wildman–Crippen LogP) is 3.22. The number of aryl methyl sites for hydroxylation is 2. The minimum absolute atomic E-state index is 0.267. The summed E-state index contributed by atoms with van der Waals surface area (Å²) in [5.41, 5.74) is 3.01. The molecule has 0 bridgehead atoms. The molecule has 7 heteroatoms. The molecule has 1 aromatic heterocycles. The molecule has 136 valence electrons. The highest BCUT2D eigenvalue weighted by atomic mass is 32.2. The van der Waals surface area contributed by atoms with Crippen molar-refractivity contribution in [2.75, 3.05) is 13.6 Å². The highest BCUT2D eigenvalue weighted by molar-refractivity contribution is 7.89. The zero-order chi connectivity index (χ0) is 18.7. The molecule has 0 N–H and O–H groups in total. The molecule has 2 aromatic carbocycles. The maximum atomic E-state index is 12.6. The highest BCUT2D eigenvalue weighted by Gasteiger charge is 2.21. The summed E-state index contributed by atoms with van der Waals surface area (Å²) >= 11 is 0. The van der Waals surface area contributed by atoms with Crippen LogP contribution in [0.25, 0.3) is 11.5 Å². The van der Waals surface area contributed by atoms with Crippen LogP contribution in [-0.4, -0.2) is 36.5 Å². The topological polar surface area (TPSA) is 76.3 Å². The van der Waals surface area contributed by atoms with Gasteiger partial charge in [0.1, 0.15) is 0 Å². The first kappa shape index (κ1) is 18.3. The van der Waals surface area contributed by atoms with Crippen molar-refractivity contribution in [1.82, 2.24) is 14.4 Å². The average molecular weight is 371 g/mol. The molecular weight excluding hydrogens is 350 g/mol. The number of nitrogens with zero attached hydrogens (tertiary/aromatic N) is 3. The number of benzene rings is 2. The molecule has 6 nitrogen and oxygen atoms in total. The van der Waals surface area contributed by atoms with E-state index < -0.39 is 10.0 Å². The fraction of sp³-hybridized carbons (Fsp3) is 0.263. The van der Waals surface area contributed by atoms with Gasteiger partial charge in [-0.05, 0) is 38.1 Å². The zero-order valence-corrected chi connectivity index (χ0v) is 15.8. The number of likely N-dealkylation sites (N-methyl/N-ethyl adjacent to an activating group) is 1. The number of hydrogen-bond donors (Lipinski definition) is 0. The number of aromatic nitrogens is 2. The van der Waals surface area contributed by atoms with Gasteiger partial charge in [-0.25, -0.2) is 12.7 Å². The maximum absolute atomic E-state index is 12.6. The quantitative estimate of drug-likeness (QED) is 0.665. The highest BCUT2D eigenvalue weighted by Crippen LogP contribution is 2.19. The van der Waals surface area contributed by atoms with E-state index in [4.69, 9.17) is 4.52 Å². The van der Waals surface area contributed by atoms with Crippen LogP contribution in [0.5, 0.6) is 0 Å². The molecule has 0 radical (unpaired) electrons. The predicted molar refractivity (Wildman–Crippen MR) is 99.2 cm³/mol. The normalized spacial score (nSPS) is 11.8. The van der Waals surface area contributed by atoms with Crippen molar-refractivity contribution in [3.8, 4) is 11.5 Å². The van der Waals surface area contributed by atoms with Crippen LogP contribution in [0, 0.1) is 13.8 Å². The second-order valence-corrected chi connectivity index (χ2v) is 8.32. The number of hydrogen-bond acceptors (Lipinski definition) is 5. The van der Waals surface area contributed by atoms with Gasteiger partial charge >= 0.3 is 0 Å². The van der Waals surface area contributed by atoms with E-state index in [0.717, 1.165) is 16.7 Å².